The quantitative estimate of drug-likeness (QED) is 0.773. The molecule has 0 amide bonds. The van der Waals surface area contributed by atoms with Crippen molar-refractivity contribution in [3.8, 4) is 5.75 Å². The van der Waals surface area contributed by atoms with Gasteiger partial charge in [-0.3, -0.25) is 0 Å². The van der Waals surface area contributed by atoms with Crippen LogP contribution in [0.25, 0.3) is 6.08 Å². The molecule has 0 unspecified atom stereocenters. The summed E-state index contributed by atoms with van der Waals surface area (Å²) in [5.41, 5.74) is 1.42. The van der Waals surface area contributed by atoms with E-state index in [2.05, 4.69) is 4.99 Å². The van der Waals surface area contributed by atoms with Crippen molar-refractivity contribution in [3.05, 3.63) is 76.4 Å². The number of nitrogens with zero attached hydrogens (tertiary/aromatic N) is 1. The van der Waals surface area contributed by atoms with E-state index in [4.69, 9.17) is 4.74 Å². The summed E-state index contributed by atoms with van der Waals surface area (Å²) in [5.74, 6) is -0.674. The number of carbonyl (C=O) groups is 1. The first-order valence-electron chi connectivity index (χ1n) is 8.02. The minimum absolute atomic E-state index is 0.0482. The molecule has 0 fully saturated rings. The Morgan fingerprint density at radius 1 is 1.15 bits per heavy atom. The first-order chi connectivity index (χ1) is 12.6. The Labute approximate surface area is 155 Å². The van der Waals surface area contributed by atoms with E-state index in [1.54, 1.807) is 37.3 Å². The van der Waals surface area contributed by atoms with Crippen LogP contribution >= 0.6 is 11.8 Å². The van der Waals surface area contributed by atoms with Gasteiger partial charge in [0.25, 0.3) is 0 Å². The average molecular weight is 367 g/mol. The molecule has 0 aromatic heterocycles. The molecule has 0 bridgehead atoms. The van der Waals surface area contributed by atoms with Crippen molar-refractivity contribution in [2.45, 2.75) is 6.92 Å². The molecule has 0 saturated carbocycles. The number of aliphatic hydroxyl groups is 1. The van der Waals surface area contributed by atoms with E-state index in [9.17, 15) is 15.0 Å². The van der Waals surface area contributed by atoms with Crippen molar-refractivity contribution in [1.29, 1.82) is 0 Å². The van der Waals surface area contributed by atoms with E-state index < -0.39 is 5.97 Å². The van der Waals surface area contributed by atoms with Crippen molar-refractivity contribution >= 4 is 34.5 Å². The maximum Gasteiger partial charge on any atom is 0.344 e. The van der Waals surface area contributed by atoms with E-state index in [0.29, 0.717) is 21.2 Å². The van der Waals surface area contributed by atoms with Gasteiger partial charge in [0.1, 0.15) is 22.1 Å². The molecule has 1 aliphatic rings. The topological polar surface area (TPSA) is 79.1 Å². The zero-order valence-corrected chi connectivity index (χ0v) is 14.9. The van der Waals surface area contributed by atoms with Crippen LogP contribution in [0.1, 0.15) is 12.5 Å². The number of aliphatic hydroxyl groups excluding tert-OH is 1. The van der Waals surface area contributed by atoms with Crippen LogP contribution in [0, 0.1) is 0 Å². The lowest BCUT2D eigenvalue weighted by Crippen LogP contribution is -2.12. The summed E-state index contributed by atoms with van der Waals surface area (Å²) in [7, 11) is 0. The SMILES string of the molecule is CCOC(=O)C1=C(O)/C(=C/c2cccc(O)c2)SC1=Nc1ccccc1. The number of aliphatic imine (C=N–C) groups is 1. The summed E-state index contributed by atoms with van der Waals surface area (Å²) in [4.78, 5) is 17.2. The van der Waals surface area contributed by atoms with Crippen LogP contribution in [0.2, 0.25) is 0 Å². The molecule has 132 valence electrons. The van der Waals surface area contributed by atoms with E-state index >= 15 is 0 Å². The molecule has 5 nitrogen and oxygen atoms in total. The van der Waals surface area contributed by atoms with Crippen LogP contribution in [-0.4, -0.2) is 27.8 Å². The van der Waals surface area contributed by atoms with Crippen molar-refractivity contribution in [1.82, 2.24) is 0 Å². The highest BCUT2D eigenvalue weighted by molar-refractivity contribution is 8.18. The Morgan fingerprint density at radius 3 is 2.62 bits per heavy atom. The molecular weight excluding hydrogens is 350 g/mol. The Morgan fingerprint density at radius 2 is 1.92 bits per heavy atom. The maximum absolute atomic E-state index is 12.3. The normalized spacial score (nSPS) is 17.1. The molecule has 3 rings (SSSR count). The average Bonchev–Trinajstić information content (AvgIpc) is 2.91. The molecule has 0 spiro atoms. The fourth-order valence-electron chi connectivity index (χ4n) is 2.38. The fourth-order valence-corrected chi connectivity index (χ4v) is 3.41. The summed E-state index contributed by atoms with van der Waals surface area (Å²) in [5, 5.41) is 20.5. The van der Waals surface area contributed by atoms with Crippen LogP contribution in [0.4, 0.5) is 5.69 Å². The zero-order chi connectivity index (χ0) is 18.5. The fraction of sp³-hybridized carbons (Fsp3) is 0.100. The molecule has 1 aliphatic heterocycles. The van der Waals surface area contributed by atoms with E-state index in [-0.39, 0.29) is 23.7 Å². The number of para-hydroxylation sites is 1. The molecular formula is C20H17NO4S. The first kappa shape index (κ1) is 17.8. The molecule has 2 aromatic rings. The smallest absolute Gasteiger partial charge is 0.344 e. The number of phenolic OH excluding ortho intramolecular Hbond substituents is 1. The summed E-state index contributed by atoms with van der Waals surface area (Å²) in [6.07, 6.45) is 1.69. The number of benzene rings is 2. The van der Waals surface area contributed by atoms with Crippen LogP contribution in [0.5, 0.6) is 5.75 Å². The van der Waals surface area contributed by atoms with Crippen molar-refractivity contribution in [2.24, 2.45) is 4.99 Å². The Kier molecular flexibility index (Phi) is 5.43. The molecule has 6 heteroatoms. The first-order valence-corrected chi connectivity index (χ1v) is 8.83. The molecule has 0 saturated heterocycles. The molecule has 0 atom stereocenters. The largest absolute Gasteiger partial charge is 0.508 e. The van der Waals surface area contributed by atoms with E-state index in [1.165, 1.54) is 11.8 Å². The molecule has 2 aromatic carbocycles. The van der Waals surface area contributed by atoms with Crippen molar-refractivity contribution < 1.29 is 19.7 Å². The van der Waals surface area contributed by atoms with Crippen LogP contribution < -0.4 is 0 Å². The number of ether oxygens (including phenoxy) is 1. The second-order valence-corrected chi connectivity index (χ2v) is 6.43. The summed E-state index contributed by atoms with van der Waals surface area (Å²) >= 11 is 1.18. The predicted molar refractivity (Wildman–Crippen MR) is 103 cm³/mol. The highest BCUT2D eigenvalue weighted by Crippen LogP contribution is 2.40. The van der Waals surface area contributed by atoms with Gasteiger partial charge in [-0.25, -0.2) is 9.79 Å². The summed E-state index contributed by atoms with van der Waals surface area (Å²) in [6.45, 7) is 1.90. The Hall–Kier alpha value is -2.99. The van der Waals surface area contributed by atoms with Gasteiger partial charge in [0, 0.05) is 0 Å². The number of hydrogen-bond acceptors (Lipinski definition) is 6. The monoisotopic (exact) mass is 367 g/mol. The number of rotatable bonds is 4. The van der Waals surface area contributed by atoms with Crippen molar-refractivity contribution in [2.75, 3.05) is 6.61 Å². The number of phenols is 1. The Bertz CT molecular complexity index is 916. The maximum atomic E-state index is 12.3. The third kappa shape index (κ3) is 3.97. The van der Waals surface area contributed by atoms with Gasteiger partial charge in [-0.15, -0.1) is 0 Å². The highest BCUT2D eigenvalue weighted by atomic mass is 32.2. The van der Waals surface area contributed by atoms with E-state index in [1.807, 2.05) is 30.3 Å². The Balaban J connectivity index is 2.04. The van der Waals surface area contributed by atoms with Gasteiger partial charge >= 0.3 is 5.97 Å². The lowest BCUT2D eigenvalue weighted by molar-refractivity contribution is -0.138. The van der Waals surface area contributed by atoms with Crippen LogP contribution in [0.3, 0.4) is 0 Å². The van der Waals surface area contributed by atoms with Gasteiger partial charge in [0.2, 0.25) is 0 Å². The molecule has 1 heterocycles. The van der Waals surface area contributed by atoms with E-state index in [0.717, 1.165) is 0 Å². The second kappa shape index (κ2) is 7.93. The zero-order valence-electron chi connectivity index (χ0n) is 14.0. The van der Waals surface area contributed by atoms with Gasteiger partial charge in [-0.2, -0.15) is 0 Å². The van der Waals surface area contributed by atoms with Gasteiger partial charge in [-0.05, 0) is 42.8 Å². The van der Waals surface area contributed by atoms with Gasteiger partial charge in [0.05, 0.1) is 17.2 Å². The second-order valence-electron chi connectivity index (χ2n) is 5.40. The molecule has 0 aliphatic carbocycles. The third-order valence-electron chi connectivity index (χ3n) is 3.53. The molecule has 0 radical (unpaired) electrons. The third-order valence-corrected chi connectivity index (χ3v) is 4.54. The lowest BCUT2D eigenvalue weighted by atomic mass is 10.1. The minimum Gasteiger partial charge on any atom is -0.508 e. The van der Waals surface area contributed by atoms with Crippen LogP contribution in [0.15, 0.2) is 75.8 Å². The van der Waals surface area contributed by atoms with Crippen molar-refractivity contribution in [3.63, 3.8) is 0 Å². The molecule has 2 N–H and O–H groups in total. The number of carbonyl (C=O) groups excluding carboxylic acids is 1. The van der Waals surface area contributed by atoms with Crippen LogP contribution in [-0.2, 0) is 9.53 Å². The predicted octanol–water partition coefficient (Wildman–Crippen LogP) is 4.59. The number of thioether (sulfide) groups is 1. The lowest BCUT2D eigenvalue weighted by Gasteiger charge is -2.03. The summed E-state index contributed by atoms with van der Waals surface area (Å²) < 4.78 is 5.06. The van der Waals surface area contributed by atoms with Gasteiger partial charge < -0.3 is 14.9 Å². The number of hydrogen-bond donors (Lipinski definition) is 2. The number of esters is 1. The van der Waals surface area contributed by atoms with Gasteiger partial charge in [0.15, 0.2) is 0 Å². The highest BCUT2D eigenvalue weighted by Gasteiger charge is 2.33. The number of aromatic hydroxyl groups is 1. The minimum atomic E-state index is -0.619. The van der Waals surface area contributed by atoms with Gasteiger partial charge in [-0.1, -0.05) is 42.1 Å². The summed E-state index contributed by atoms with van der Waals surface area (Å²) in [6, 6.07) is 15.8. The standard InChI is InChI=1S/C20H17NO4S/c1-2-25-20(24)17-18(23)16(12-13-7-6-10-15(22)11-13)26-19(17)21-14-8-4-3-5-9-14/h3-12,22-23H,2H2,1H3/b16-12-,21-19?. The molecule has 26 heavy (non-hydrogen) atoms.